The first-order valence-corrected chi connectivity index (χ1v) is 6.33. The van der Waals surface area contributed by atoms with Crippen molar-refractivity contribution in [3.63, 3.8) is 0 Å². The van der Waals surface area contributed by atoms with Gasteiger partial charge in [0.2, 0.25) is 0 Å². The summed E-state index contributed by atoms with van der Waals surface area (Å²) in [4.78, 5) is 11.8. The van der Waals surface area contributed by atoms with E-state index >= 15 is 0 Å². The molecule has 0 atom stereocenters. The number of amides is 1. The van der Waals surface area contributed by atoms with Crippen LogP contribution in [-0.2, 0) is 0 Å². The van der Waals surface area contributed by atoms with Crippen LogP contribution in [-0.4, -0.2) is 17.2 Å². The number of carbonyl (C=O) groups is 1. The second kappa shape index (κ2) is 6.15. The molecule has 19 heavy (non-hydrogen) atoms. The second-order valence-electron chi connectivity index (χ2n) is 3.77. The van der Waals surface area contributed by atoms with Crippen molar-refractivity contribution in [2.45, 2.75) is 0 Å². The van der Waals surface area contributed by atoms with E-state index in [-0.39, 0.29) is 11.7 Å². The lowest BCUT2D eigenvalue weighted by Gasteiger charge is -2.00. The van der Waals surface area contributed by atoms with Crippen LogP contribution in [0.3, 0.4) is 0 Å². The average Bonchev–Trinajstić information content (AvgIpc) is 2.41. The van der Waals surface area contributed by atoms with E-state index in [0.29, 0.717) is 11.1 Å². The first-order valence-electron chi connectivity index (χ1n) is 5.54. The van der Waals surface area contributed by atoms with Gasteiger partial charge in [0.05, 0.1) is 6.21 Å². The van der Waals surface area contributed by atoms with Gasteiger partial charge in [-0.2, -0.15) is 5.10 Å². The van der Waals surface area contributed by atoms with Gasteiger partial charge in [-0.1, -0.05) is 34.1 Å². The monoisotopic (exact) mass is 318 g/mol. The summed E-state index contributed by atoms with van der Waals surface area (Å²) < 4.78 is 0.824. The van der Waals surface area contributed by atoms with Gasteiger partial charge in [0.15, 0.2) is 0 Å². The molecule has 0 fully saturated rings. The number of phenols is 1. The summed E-state index contributed by atoms with van der Waals surface area (Å²) in [6.45, 7) is 0. The molecule has 96 valence electrons. The first-order chi connectivity index (χ1) is 9.16. The molecule has 0 aliphatic rings. The molecular weight excluding hydrogens is 308 g/mol. The number of nitrogens with zero attached hydrogens (tertiary/aromatic N) is 1. The Hall–Kier alpha value is -2.14. The fourth-order valence-electron chi connectivity index (χ4n) is 1.45. The number of hydrogen-bond acceptors (Lipinski definition) is 3. The van der Waals surface area contributed by atoms with Gasteiger partial charge in [-0.15, -0.1) is 0 Å². The Labute approximate surface area is 118 Å². The summed E-state index contributed by atoms with van der Waals surface area (Å²) in [5.74, 6) is -0.198. The fourth-order valence-corrected chi connectivity index (χ4v) is 1.85. The van der Waals surface area contributed by atoms with Crippen molar-refractivity contribution in [2.24, 2.45) is 5.10 Å². The number of carbonyl (C=O) groups excluding carboxylic acids is 1. The van der Waals surface area contributed by atoms with Crippen LogP contribution in [0.15, 0.2) is 58.1 Å². The predicted molar refractivity (Wildman–Crippen MR) is 77.3 cm³/mol. The number of rotatable bonds is 3. The fraction of sp³-hybridized carbons (Fsp3) is 0. The summed E-state index contributed by atoms with van der Waals surface area (Å²) in [6.07, 6.45) is 1.39. The van der Waals surface area contributed by atoms with Gasteiger partial charge in [0.25, 0.3) is 5.91 Å². The maximum Gasteiger partial charge on any atom is 0.271 e. The Morgan fingerprint density at radius 3 is 2.74 bits per heavy atom. The van der Waals surface area contributed by atoms with Gasteiger partial charge in [-0.05, 0) is 30.3 Å². The van der Waals surface area contributed by atoms with Crippen molar-refractivity contribution in [3.8, 4) is 5.75 Å². The minimum absolute atomic E-state index is 0.114. The average molecular weight is 319 g/mol. The summed E-state index contributed by atoms with van der Waals surface area (Å²) in [5, 5.41) is 13.3. The Bertz CT molecular complexity index is 626. The van der Waals surface area contributed by atoms with Crippen LogP contribution in [0.2, 0.25) is 0 Å². The highest BCUT2D eigenvalue weighted by molar-refractivity contribution is 9.10. The SMILES string of the molecule is O=C(N/N=C\c1ccccc1O)c1cccc(Br)c1. The van der Waals surface area contributed by atoms with E-state index in [1.807, 2.05) is 6.07 Å². The molecule has 1 amide bonds. The molecule has 2 aromatic rings. The summed E-state index contributed by atoms with van der Waals surface area (Å²) >= 11 is 3.29. The molecule has 0 unspecified atom stereocenters. The Morgan fingerprint density at radius 2 is 2.00 bits per heavy atom. The van der Waals surface area contributed by atoms with Crippen LogP contribution in [0.5, 0.6) is 5.75 Å². The highest BCUT2D eigenvalue weighted by Gasteiger charge is 2.03. The molecule has 0 radical (unpaired) electrons. The van der Waals surface area contributed by atoms with Crippen LogP contribution in [0, 0.1) is 0 Å². The normalized spacial score (nSPS) is 10.6. The highest BCUT2D eigenvalue weighted by atomic mass is 79.9. The van der Waals surface area contributed by atoms with Gasteiger partial charge in [0.1, 0.15) is 5.75 Å². The molecule has 0 saturated carbocycles. The lowest BCUT2D eigenvalue weighted by atomic mass is 10.2. The third-order valence-electron chi connectivity index (χ3n) is 2.39. The van der Waals surface area contributed by atoms with E-state index in [9.17, 15) is 9.90 Å². The van der Waals surface area contributed by atoms with E-state index in [1.165, 1.54) is 6.21 Å². The maximum absolute atomic E-state index is 11.8. The zero-order valence-electron chi connectivity index (χ0n) is 9.88. The smallest absolute Gasteiger partial charge is 0.271 e. The Kier molecular flexibility index (Phi) is 4.30. The number of nitrogens with one attached hydrogen (secondary N) is 1. The molecule has 4 nitrogen and oxygen atoms in total. The summed E-state index contributed by atoms with van der Waals surface area (Å²) in [6, 6.07) is 13.7. The number of hydrogen-bond donors (Lipinski definition) is 2. The van der Waals surface area contributed by atoms with Crippen LogP contribution >= 0.6 is 15.9 Å². The van der Waals surface area contributed by atoms with Crippen LogP contribution in [0.25, 0.3) is 0 Å². The van der Waals surface area contributed by atoms with Crippen molar-refractivity contribution in [1.82, 2.24) is 5.43 Å². The third-order valence-corrected chi connectivity index (χ3v) is 2.89. The molecule has 0 heterocycles. The number of para-hydroxylation sites is 1. The second-order valence-corrected chi connectivity index (χ2v) is 4.68. The number of hydrazone groups is 1. The number of halogens is 1. The number of aromatic hydroxyl groups is 1. The zero-order chi connectivity index (χ0) is 13.7. The topological polar surface area (TPSA) is 61.7 Å². The Morgan fingerprint density at radius 1 is 1.21 bits per heavy atom. The van der Waals surface area contributed by atoms with Crippen molar-refractivity contribution < 1.29 is 9.90 Å². The molecule has 0 aliphatic heterocycles. The molecule has 2 rings (SSSR count). The van der Waals surface area contributed by atoms with Gasteiger partial charge >= 0.3 is 0 Å². The molecule has 0 aromatic heterocycles. The van der Waals surface area contributed by atoms with Crippen molar-refractivity contribution in [3.05, 3.63) is 64.1 Å². The summed E-state index contributed by atoms with van der Waals surface area (Å²) in [7, 11) is 0. The standard InChI is InChI=1S/C14H11BrN2O2/c15-12-6-3-5-10(8-12)14(19)17-16-9-11-4-1-2-7-13(11)18/h1-9,18H,(H,17,19)/b16-9-. The van der Waals surface area contributed by atoms with E-state index in [2.05, 4.69) is 26.5 Å². The van der Waals surface area contributed by atoms with E-state index in [4.69, 9.17) is 0 Å². The number of phenolic OH excluding ortho intramolecular Hbond substituents is 1. The van der Waals surface area contributed by atoms with Gasteiger partial charge in [-0.3, -0.25) is 4.79 Å². The third kappa shape index (κ3) is 3.66. The van der Waals surface area contributed by atoms with E-state index < -0.39 is 0 Å². The molecule has 0 spiro atoms. The van der Waals surface area contributed by atoms with E-state index in [0.717, 1.165) is 4.47 Å². The van der Waals surface area contributed by atoms with Crippen LogP contribution in [0.1, 0.15) is 15.9 Å². The molecule has 2 aromatic carbocycles. The predicted octanol–water partition coefficient (Wildman–Crippen LogP) is 2.92. The quantitative estimate of drug-likeness (QED) is 0.675. The lowest BCUT2D eigenvalue weighted by molar-refractivity contribution is 0.0955. The largest absolute Gasteiger partial charge is 0.507 e. The van der Waals surface area contributed by atoms with Crippen molar-refractivity contribution in [1.29, 1.82) is 0 Å². The van der Waals surface area contributed by atoms with E-state index in [1.54, 1.807) is 42.5 Å². The molecule has 0 aliphatic carbocycles. The lowest BCUT2D eigenvalue weighted by Crippen LogP contribution is -2.17. The van der Waals surface area contributed by atoms with Crippen LogP contribution < -0.4 is 5.43 Å². The molecular formula is C14H11BrN2O2. The first kappa shape index (κ1) is 13.3. The van der Waals surface area contributed by atoms with Gasteiger partial charge in [-0.25, -0.2) is 5.43 Å². The Balaban J connectivity index is 2.03. The minimum Gasteiger partial charge on any atom is -0.507 e. The summed E-state index contributed by atoms with van der Waals surface area (Å²) in [5.41, 5.74) is 3.44. The van der Waals surface area contributed by atoms with Gasteiger partial charge in [0, 0.05) is 15.6 Å². The molecule has 2 N–H and O–H groups in total. The molecule has 0 saturated heterocycles. The highest BCUT2D eigenvalue weighted by Crippen LogP contribution is 2.13. The minimum atomic E-state index is -0.312. The van der Waals surface area contributed by atoms with Crippen molar-refractivity contribution >= 4 is 28.1 Å². The zero-order valence-corrected chi connectivity index (χ0v) is 11.5. The van der Waals surface area contributed by atoms with Crippen molar-refractivity contribution in [2.75, 3.05) is 0 Å². The number of benzene rings is 2. The maximum atomic E-state index is 11.8. The van der Waals surface area contributed by atoms with Gasteiger partial charge < -0.3 is 5.11 Å². The molecule has 0 bridgehead atoms. The molecule has 5 heteroatoms. The van der Waals surface area contributed by atoms with Crippen LogP contribution in [0.4, 0.5) is 0 Å².